The number of amides is 3. The third-order valence-electron chi connectivity index (χ3n) is 3.64. The van der Waals surface area contributed by atoms with Gasteiger partial charge in [0.2, 0.25) is 5.91 Å². The average molecular weight is 397 g/mol. The minimum Gasteiger partial charge on any atom is -0.351 e. The molecule has 0 saturated carbocycles. The summed E-state index contributed by atoms with van der Waals surface area (Å²) in [5.74, 6) is 0.325. The lowest BCUT2D eigenvalue weighted by Crippen LogP contribution is -2.35. The maximum absolute atomic E-state index is 12.8. The van der Waals surface area contributed by atoms with Crippen LogP contribution in [0.5, 0.6) is 0 Å². The van der Waals surface area contributed by atoms with Crippen molar-refractivity contribution in [3.8, 4) is 0 Å². The smallest absolute Gasteiger partial charge is 0.318 e. The number of aromatic nitrogens is 2. The molecule has 2 rings (SSSR count). The summed E-state index contributed by atoms with van der Waals surface area (Å²) < 4.78 is 1.63. The van der Waals surface area contributed by atoms with Crippen LogP contribution in [0.15, 0.2) is 28.2 Å². The second kappa shape index (κ2) is 9.05. The van der Waals surface area contributed by atoms with Crippen molar-refractivity contribution in [3.05, 3.63) is 33.6 Å². The lowest BCUT2D eigenvalue weighted by molar-refractivity contribution is -0.119. The number of fused-ring (bicyclic) bond motifs is 1. The van der Waals surface area contributed by atoms with Crippen molar-refractivity contribution in [1.82, 2.24) is 14.9 Å². The first-order valence-corrected chi connectivity index (χ1v) is 9.56. The van der Waals surface area contributed by atoms with Crippen LogP contribution in [0.2, 0.25) is 5.02 Å². The molecule has 0 aliphatic rings. The number of hydrogen-bond acceptors (Lipinski definition) is 5. The number of carbonyl (C=O) groups is 2. The molecule has 0 radical (unpaired) electrons. The van der Waals surface area contributed by atoms with Gasteiger partial charge in [0.25, 0.3) is 5.56 Å². The number of benzene rings is 1. The topological polar surface area (TPSA) is 107 Å². The van der Waals surface area contributed by atoms with Gasteiger partial charge in [0.15, 0.2) is 5.16 Å². The van der Waals surface area contributed by atoms with E-state index in [1.807, 2.05) is 5.32 Å². The van der Waals surface area contributed by atoms with Gasteiger partial charge in [-0.3, -0.25) is 19.5 Å². The van der Waals surface area contributed by atoms with Gasteiger partial charge >= 0.3 is 6.03 Å². The van der Waals surface area contributed by atoms with Crippen molar-refractivity contribution < 1.29 is 9.59 Å². The molecule has 1 heterocycles. The Balaban J connectivity index is 2.29. The van der Waals surface area contributed by atoms with Crippen molar-refractivity contribution in [2.45, 2.75) is 38.4 Å². The van der Waals surface area contributed by atoms with Gasteiger partial charge < -0.3 is 5.73 Å². The van der Waals surface area contributed by atoms with E-state index in [0.29, 0.717) is 39.3 Å². The molecular formula is C17H21ClN4O3S. The number of thioether (sulfide) groups is 1. The van der Waals surface area contributed by atoms with Crippen LogP contribution in [-0.4, -0.2) is 27.2 Å². The Hall–Kier alpha value is -2.06. The molecule has 140 valence electrons. The standard InChI is InChI=1S/C17H21ClN4O3S/c1-10(2)5-7-22-15(24)12-4-3-11(18)9-13(12)20-17(22)26-8-6-14(23)21-16(19)25/h3-4,9-10H,5-8H2,1-2H3,(H3,19,21,23,25). The van der Waals surface area contributed by atoms with Crippen molar-refractivity contribution in [2.24, 2.45) is 11.7 Å². The predicted molar refractivity (Wildman–Crippen MR) is 104 cm³/mol. The zero-order valence-electron chi connectivity index (χ0n) is 14.6. The number of urea groups is 1. The largest absolute Gasteiger partial charge is 0.351 e. The van der Waals surface area contributed by atoms with Crippen LogP contribution in [0.1, 0.15) is 26.7 Å². The van der Waals surface area contributed by atoms with Crippen LogP contribution in [0, 0.1) is 5.92 Å². The highest BCUT2D eigenvalue weighted by Gasteiger charge is 2.13. The normalized spacial score (nSPS) is 11.1. The van der Waals surface area contributed by atoms with Crippen LogP contribution >= 0.6 is 23.4 Å². The van der Waals surface area contributed by atoms with E-state index >= 15 is 0 Å². The van der Waals surface area contributed by atoms with Gasteiger partial charge in [-0.1, -0.05) is 37.2 Å². The highest BCUT2D eigenvalue weighted by molar-refractivity contribution is 7.99. The second-order valence-corrected chi connectivity index (χ2v) is 7.70. The van der Waals surface area contributed by atoms with E-state index in [2.05, 4.69) is 18.8 Å². The highest BCUT2D eigenvalue weighted by Crippen LogP contribution is 2.21. The summed E-state index contributed by atoms with van der Waals surface area (Å²) in [4.78, 5) is 39.6. The number of primary amides is 1. The molecule has 0 atom stereocenters. The molecule has 26 heavy (non-hydrogen) atoms. The van der Waals surface area contributed by atoms with Gasteiger partial charge in [0.1, 0.15) is 0 Å². The van der Waals surface area contributed by atoms with E-state index < -0.39 is 11.9 Å². The highest BCUT2D eigenvalue weighted by atomic mass is 35.5. The third-order valence-corrected chi connectivity index (χ3v) is 4.85. The molecule has 0 bridgehead atoms. The lowest BCUT2D eigenvalue weighted by atomic mass is 10.1. The number of rotatable bonds is 7. The number of hydrogen-bond donors (Lipinski definition) is 2. The number of nitrogens with one attached hydrogen (secondary N) is 1. The van der Waals surface area contributed by atoms with Crippen molar-refractivity contribution in [2.75, 3.05) is 5.75 Å². The van der Waals surface area contributed by atoms with Crippen LogP contribution < -0.4 is 16.6 Å². The first kappa shape index (κ1) is 20.3. The summed E-state index contributed by atoms with van der Waals surface area (Å²) in [6.07, 6.45) is 0.914. The number of halogens is 1. The summed E-state index contributed by atoms with van der Waals surface area (Å²) >= 11 is 7.29. The van der Waals surface area contributed by atoms with Gasteiger partial charge in [-0.15, -0.1) is 0 Å². The summed E-state index contributed by atoms with van der Waals surface area (Å²) in [6, 6.07) is 4.11. The predicted octanol–water partition coefficient (Wildman–Crippen LogP) is 2.77. The Bertz CT molecular complexity index is 882. The molecule has 1 aromatic heterocycles. The van der Waals surface area contributed by atoms with Crippen LogP contribution in [-0.2, 0) is 11.3 Å². The Morgan fingerprint density at radius 3 is 2.77 bits per heavy atom. The van der Waals surface area contributed by atoms with E-state index in [-0.39, 0.29) is 12.0 Å². The number of carbonyl (C=O) groups excluding carboxylic acids is 2. The maximum Gasteiger partial charge on any atom is 0.318 e. The van der Waals surface area contributed by atoms with E-state index in [4.69, 9.17) is 17.3 Å². The molecule has 0 saturated heterocycles. The minimum absolute atomic E-state index is 0.0846. The Morgan fingerprint density at radius 2 is 2.12 bits per heavy atom. The molecular weight excluding hydrogens is 376 g/mol. The van der Waals surface area contributed by atoms with E-state index in [1.165, 1.54) is 11.8 Å². The van der Waals surface area contributed by atoms with E-state index in [0.717, 1.165) is 6.42 Å². The van der Waals surface area contributed by atoms with Crippen LogP contribution in [0.4, 0.5) is 4.79 Å². The quantitative estimate of drug-likeness (QED) is 0.552. The first-order valence-electron chi connectivity index (χ1n) is 8.20. The summed E-state index contributed by atoms with van der Waals surface area (Å²) in [5, 5.41) is 3.55. The van der Waals surface area contributed by atoms with Gasteiger partial charge in [-0.05, 0) is 30.5 Å². The molecule has 3 N–H and O–H groups in total. The molecule has 0 spiro atoms. The van der Waals surface area contributed by atoms with Gasteiger partial charge in [0, 0.05) is 23.7 Å². The Morgan fingerprint density at radius 1 is 1.38 bits per heavy atom. The molecule has 7 nitrogen and oxygen atoms in total. The van der Waals surface area contributed by atoms with Crippen molar-refractivity contribution in [3.63, 3.8) is 0 Å². The fraction of sp³-hybridized carbons (Fsp3) is 0.412. The number of nitrogens with two attached hydrogens (primary N) is 1. The maximum atomic E-state index is 12.8. The zero-order valence-corrected chi connectivity index (χ0v) is 16.2. The molecule has 0 aliphatic heterocycles. The molecule has 2 aromatic rings. The average Bonchev–Trinajstić information content (AvgIpc) is 2.53. The van der Waals surface area contributed by atoms with Gasteiger partial charge in [0.05, 0.1) is 10.9 Å². The molecule has 0 fully saturated rings. The summed E-state index contributed by atoms with van der Waals surface area (Å²) in [6.45, 7) is 4.71. The van der Waals surface area contributed by atoms with E-state index in [1.54, 1.807) is 22.8 Å². The fourth-order valence-electron chi connectivity index (χ4n) is 2.30. The second-order valence-electron chi connectivity index (χ2n) is 6.21. The summed E-state index contributed by atoms with van der Waals surface area (Å²) in [5.41, 5.74) is 5.31. The monoisotopic (exact) mass is 396 g/mol. The molecule has 3 amide bonds. The minimum atomic E-state index is -0.882. The Labute approximate surface area is 160 Å². The third kappa shape index (κ3) is 5.47. The molecule has 1 aromatic carbocycles. The van der Waals surface area contributed by atoms with Crippen molar-refractivity contribution in [1.29, 1.82) is 0 Å². The fourth-order valence-corrected chi connectivity index (χ4v) is 3.43. The molecule has 9 heteroatoms. The van der Waals surface area contributed by atoms with Gasteiger partial charge in [-0.25, -0.2) is 9.78 Å². The van der Waals surface area contributed by atoms with Gasteiger partial charge in [-0.2, -0.15) is 0 Å². The van der Waals surface area contributed by atoms with Crippen molar-refractivity contribution >= 4 is 46.2 Å². The Kier molecular flexibility index (Phi) is 7.05. The lowest BCUT2D eigenvalue weighted by Gasteiger charge is -2.14. The molecule has 0 unspecified atom stereocenters. The van der Waals surface area contributed by atoms with Crippen LogP contribution in [0.25, 0.3) is 10.9 Å². The number of imide groups is 1. The number of nitrogens with zero attached hydrogens (tertiary/aromatic N) is 2. The molecule has 0 aliphatic carbocycles. The van der Waals surface area contributed by atoms with Crippen LogP contribution in [0.3, 0.4) is 0 Å². The zero-order chi connectivity index (χ0) is 19.3. The van der Waals surface area contributed by atoms with E-state index in [9.17, 15) is 14.4 Å². The SMILES string of the molecule is CC(C)CCn1c(SCCC(=O)NC(N)=O)nc2cc(Cl)ccc2c1=O. The first-order chi connectivity index (χ1) is 12.3. The summed E-state index contributed by atoms with van der Waals surface area (Å²) in [7, 11) is 0.